The molecule has 0 aromatic heterocycles. The van der Waals surface area contributed by atoms with Gasteiger partial charge >= 0.3 is 0 Å². The van der Waals surface area contributed by atoms with Gasteiger partial charge in [0.15, 0.2) is 0 Å². The Morgan fingerprint density at radius 2 is 1.80 bits per heavy atom. The zero-order valence-corrected chi connectivity index (χ0v) is 6.55. The normalized spacial score (nSPS) is 47.1. The molecular formula is C9H17N. The van der Waals surface area contributed by atoms with Gasteiger partial charge in [-0.1, -0.05) is 25.7 Å². The van der Waals surface area contributed by atoms with Crippen LogP contribution in [0.1, 0.15) is 38.5 Å². The lowest BCUT2D eigenvalue weighted by Gasteiger charge is -2.41. The van der Waals surface area contributed by atoms with Crippen LogP contribution < -0.4 is 5.73 Å². The summed E-state index contributed by atoms with van der Waals surface area (Å²) in [6.07, 6.45) is 8.58. The molecule has 2 rings (SSSR count). The minimum atomic E-state index is 0.572. The Bertz CT molecular complexity index is 122. The average Bonchev–Trinajstić information content (AvgIpc) is 2.09. The van der Waals surface area contributed by atoms with Crippen LogP contribution in [0.2, 0.25) is 0 Å². The van der Waals surface area contributed by atoms with E-state index < -0.39 is 0 Å². The predicted molar refractivity (Wildman–Crippen MR) is 42.7 cm³/mol. The van der Waals surface area contributed by atoms with Gasteiger partial charge < -0.3 is 5.73 Å². The lowest BCUT2D eigenvalue weighted by atomic mass is 9.67. The van der Waals surface area contributed by atoms with Gasteiger partial charge in [-0.3, -0.25) is 0 Å². The van der Waals surface area contributed by atoms with E-state index in [4.69, 9.17) is 5.73 Å². The van der Waals surface area contributed by atoms with Crippen LogP contribution in [0.25, 0.3) is 0 Å². The number of hydrogen-bond donors (Lipinski definition) is 1. The fourth-order valence-electron chi connectivity index (χ4n) is 2.60. The van der Waals surface area contributed by atoms with E-state index in [9.17, 15) is 0 Å². The SMILES string of the molecule is NC1C[C@@H]2CCCCC[C@H]12. The maximum absolute atomic E-state index is 5.90. The van der Waals surface area contributed by atoms with Crippen LogP contribution in [-0.4, -0.2) is 6.04 Å². The highest BCUT2D eigenvalue weighted by molar-refractivity contribution is 4.92. The van der Waals surface area contributed by atoms with E-state index in [0.29, 0.717) is 6.04 Å². The van der Waals surface area contributed by atoms with E-state index in [1.54, 1.807) is 0 Å². The van der Waals surface area contributed by atoms with Crippen molar-refractivity contribution in [3.63, 3.8) is 0 Å². The minimum absolute atomic E-state index is 0.572. The molecule has 0 aliphatic heterocycles. The highest BCUT2D eigenvalue weighted by Gasteiger charge is 2.38. The summed E-state index contributed by atoms with van der Waals surface area (Å²) >= 11 is 0. The molecular weight excluding hydrogens is 122 g/mol. The summed E-state index contributed by atoms with van der Waals surface area (Å²) in [6.45, 7) is 0. The molecule has 0 aromatic carbocycles. The van der Waals surface area contributed by atoms with Crippen LogP contribution in [0.4, 0.5) is 0 Å². The molecule has 58 valence electrons. The standard InChI is InChI=1S/C9H17N/c10-9-6-7-4-2-1-3-5-8(7)9/h7-9H,1-6,10H2/t7-,8-,9?/m0/s1. The topological polar surface area (TPSA) is 26.0 Å². The first-order chi connectivity index (χ1) is 4.88. The molecule has 2 aliphatic rings. The average molecular weight is 139 g/mol. The molecule has 0 radical (unpaired) electrons. The first-order valence-electron chi connectivity index (χ1n) is 4.63. The van der Waals surface area contributed by atoms with E-state index in [2.05, 4.69) is 0 Å². The smallest absolute Gasteiger partial charge is 0.00725 e. The van der Waals surface area contributed by atoms with Crippen molar-refractivity contribution in [2.24, 2.45) is 17.6 Å². The van der Waals surface area contributed by atoms with E-state index in [0.717, 1.165) is 11.8 Å². The third kappa shape index (κ3) is 0.968. The Morgan fingerprint density at radius 1 is 1.00 bits per heavy atom. The molecule has 3 atom stereocenters. The molecule has 1 heteroatoms. The van der Waals surface area contributed by atoms with Crippen molar-refractivity contribution >= 4 is 0 Å². The first kappa shape index (κ1) is 6.66. The van der Waals surface area contributed by atoms with E-state index in [1.807, 2.05) is 0 Å². The maximum atomic E-state index is 5.90. The lowest BCUT2D eigenvalue weighted by Crippen LogP contribution is -2.46. The molecule has 0 aromatic rings. The van der Waals surface area contributed by atoms with Crippen molar-refractivity contribution in [3.8, 4) is 0 Å². The van der Waals surface area contributed by atoms with Crippen LogP contribution in [0, 0.1) is 11.8 Å². The number of hydrogen-bond acceptors (Lipinski definition) is 1. The van der Waals surface area contributed by atoms with Crippen molar-refractivity contribution in [1.82, 2.24) is 0 Å². The molecule has 0 bridgehead atoms. The highest BCUT2D eigenvalue weighted by Crippen LogP contribution is 2.42. The number of nitrogens with two attached hydrogens (primary N) is 1. The van der Waals surface area contributed by atoms with Gasteiger partial charge in [0.1, 0.15) is 0 Å². The fourth-order valence-corrected chi connectivity index (χ4v) is 2.60. The zero-order valence-electron chi connectivity index (χ0n) is 6.55. The summed E-state index contributed by atoms with van der Waals surface area (Å²) in [5.74, 6) is 1.94. The highest BCUT2D eigenvalue weighted by atomic mass is 14.7. The molecule has 0 heterocycles. The minimum Gasteiger partial charge on any atom is -0.327 e. The molecule has 2 saturated carbocycles. The Balaban J connectivity index is 1.93. The molecule has 2 aliphatic carbocycles. The van der Waals surface area contributed by atoms with E-state index in [1.165, 1.54) is 38.5 Å². The van der Waals surface area contributed by atoms with Crippen LogP contribution >= 0.6 is 0 Å². The molecule has 1 unspecified atom stereocenters. The second kappa shape index (κ2) is 2.54. The van der Waals surface area contributed by atoms with Crippen LogP contribution in [-0.2, 0) is 0 Å². The van der Waals surface area contributed by atoms with Gasteiger partial charge in [-0.15, -0.1) is 0 Å². The predicted octanol–water partition coefficient (Wildman–Crippen LogP) is 1.91. The van der Waals surface area contributed by atoms with Gasteiger partial charge in [-0.05, 0) is 24.7 Å². The van der Waals surface area contributed by atoms with Crippen LogP contribution in [0.15, 0.2) is 0 Å². The molecule has 1 nitrogen and oxygen atoms in total. The molecule has 0 amide bonds. The van der Waals surface area contributed by atoms with Crippen LogP contribution in [0.5, 0.6) is 0 Å². The van der Waals surface area contributed by atoms with Gasteiger partial charge in [-0.2, -0.15) is 0 Å². The Morgan fingerprint density at radius 3 is 2.60 bits per heavy atom. The van der Waals surface area contributed by atoms with Crippen molar-refractivity contribution in [1.29, 1.82) is 0 Å². The third-order valence-corrected chi connectivity index (χ3v) is 3.34. The van der Waals surface area contributed by atoms with Crippen LogP contribution in [0.3, 0.4) is 0 Å². The second-order valence-electron chi connectivity index (χ2n) is 3.96. The third-order valence-electron chi connectivity index (χ3n) is 3.34. The lowest BCUT2D eigenvalue weighted by molar-refractivity contribution is 0.126. The summed E-state index contributed by atoms with van der Waals surface area (Å²) in [4.78, 5) is 0. The van der Waals surface area contributed by atoms with Crippen molar-refractivity contribution in [3.05, 3.63) is 0 Å². The van der Waals surface area contributed by atoms with Gasteiger partial charge in [0.2, 0.25) is 0 Å². The molecule has 2 N–H and O–H groups in total. The summed E-state index contributed by atoms with van der Waals surface area (Å²) in [6, 6.07) is 0.572. The van der Waals surface area contributed by atoms with Gasteiger partial charge in [0.05, 0.1) is 0 Å². The summed E-state index contributed by atoms with van der Waals surface area (Å²) in [7, 11) is 0. The molecule has 0 spiro atoms. The fraction of sp³-hybridized carbons (Fsp3) is 1.00. The maximum Gasteiger partial charge on any atom is 0.00725 e. The van der Waals surface area contributed by atoms with Crippen molar-refractivity contribution < 1.29 is 0 Å². The molecule has 0 saturated heterocycles. The van der Waals surface area contributed by atoms with E-state index in [-0.39, 0.29) is 0 Å². The van der Waals surface area contributed by atoms with Gasteiger partial charge in [0, 0.05) is 6.04 Å². The summed E-state index contributed by atoms with van der Waals surface area (Å²) in [5, 5.41) is 0. The monoisotopic (exact) mass is 139 g/mol. The second-order valence-corrected chi connectivity index (χ2v) is 3.96. The van der Waals surface area contributed by atoms with Gasteiger partial charge in [0.25, 0.3) is 0 Å². The van der Waals surface area contributed by atoms with Crippen molar-refractivity contribution in [2.45, 2.75) is 44.6 Å². The number of rotatable bonds is 0. The van der Waals surface area contributed by atoms with Gasteiger partial charge in [-0.25, -0.2) is 0 Å². The summed E-state index contributed by atoms with van der Waals surface area (Å²) < 4.78 is 0. The molecule has 10 heavy (non-hydrogen) atoms. The Hall–Kier alpha value is -0.0400. The first-order valence-corrected chi connectivity index (χ1v) is 4.63. The molecule has 2 fully saturated rings. The summed E-state index contributed by atoms with van der Waals surface area (Å²) in [5.41, 5.74) is 5.90. The quantitative estimate of drug-likeness (QED) is 0.545. The largest absolute Gasteiger partial charge is 0.327 e. The Labute approximate surface area is 63.0 Å². The van der Waals surface area contributed by atoms with E-state index >= 15 is 0 Å². The number of fused-ring (bicyclic) bond motifs is 1. The van der Waals surface area contributed by atoms with Crippen molar-refractivity contribution in [2.75, 3.05) is 0 Å². The Kier molecular flexibility index (Phi) is 1.69. The zero-order chi connectivity index (χ0) is 6.97.